The maximum atomic E-state index is 12.4. The average molecular weight is 525 g/mol. The number of ether oxygens (including phenoxy) is 2. The van der Waals surface area contributed by atoms with Gasteiger partial charge in [-0.15, -0.1) is 0 Å². The molecule has 0 aliphatic heterocycles. The SMILES string of the molecule is CCCCCCCCCCN(CC(NC(=O)OC(C)C)C(C)C)C(CC(=O)OC)c1ccc(Cl)cc1. The second kappa shape index (κ2) is 18.5. The Bertz CT molecular complexity index is 739. The fourth-order valence-electron chi connectivity index (χ4n) is 4.28. The van der Waals surface area contributed by atoms with Crippen LogP contribution in [0.15, 0.2) is 24.3 Å². The summed E-state index contributed by atoms with van der Waals surface area (Å²) in [6, 6.07) is 7.35. The van der Waals surface area contributed by atoms with E-state index in [-0.39, 0.29) is 36.5 Å². The maximum Gasteiger partial charge on any atom is 0.407 e. The van der Waals surface area contributed by atoms with Crippen LogP contribution in [-0.2, 0) is 14.3 Å². The molecule has 0 radical (unpaired) electrons. The van der Waals surface area contributed by atoms with Gasteiger partial charge in [-0.05, 0) is 50.4 Å². The number of nitrogens with zero attached hydrogens (tertiary/aromatic N) is 1. The molecule has 7 heteroatoms. The molecule has 0 saturated heterocycles. The molecule has 1 aromatic rings. The lowest BCUT2D eigenvalue weighted by atomic mass is 9.97. The number of hydrogen-bond acceptors (Lipinski definition) is 5. The Hall–Kier alpha value is -1.79. The maximum absolute atomic E-state index is 12.4. The summed E-state index contributed by atoms with van der Waals surface area (Å²) >= 11 is 6.15. The zero-order valence-electron chi connectivity index (χ0n) is 23.4. The van der Waals surface area contributed by atoms with E-state index in [9.17, 15) is 9.59 Å². The largest absolute Gasteiger partial charge is 0.469 e. The highest BCUT2D eigenvalue weighted by molar-refractivity contribution is 6.30. The molecular formula is C29H49ClN2O4. The number of amides is 1. The molecule has 0 aliphatic carbocycles. The number of unbranched alkanes of at least 4 members (excludes halogenated alkanes) is 7. The van der Waals surface area contributed by atoms with Crippen molar-refractivity contribution in [1.82, 2.24) is 10.2 Å². The van der Waals surface area contributed by atoms with Gasteiger partial charge >= 0.3 is 12.1 Å². The fourth-order valence-corrected chi connectivity index (χ4v) is 4.41. The van der Waals surface area contributed by atoms with Crippen molar-refractivity contribution < 1.29 is 19.1 Å². The lowest BCUT2D eigenvalue weighted by Gasteiger charge is -2.36. The van der Waals surface area contributed by atoms with Gasteiger partial charge in [-0.2, -0.15) is 0 Å². The standard InChI is InChI=1S/C29H49ClN2O4/c1-7-8-9-10-11-12-13-14-19-32(21-26(22(2)3)31-29(34)36-23(4)5)27(20-28(33)35-6)24-15-17-25(30)18-16-24/h15-18,22-23,26-27H,7-14,19-21H2,1-6H3,(H,31,34). The molecule has 0 bridgehead atoms. The number of carbonyl (C=O) groups is 2. The number of carbonyl (C=O) groups excluding carboxylic acids is 2. The lowest BCUT2D eigenvalue weighted by molar-refractivity contribution is -0.142. The van der Waals surface area contributed by atoms with E-state index in [0.717, 1.165) is 24.9 Å². The summed E-state index contributed by atoms with van der Waals surface area (Å²) < 4.78 is 10.4. The first-order valence-electron chi connectivity index (χ1n) is 13.7. The third-order valence-corrected chi connectivity index (χ3v) is 6.72. The van der Waals surface area contributed by atoms with E-state index in [0.29, 0.717) is 11.6 Å². The average Bonchev–Trinajstić information content (AvgIpc) is 2.82. The van der Waals surface area contributed by atoms with Crippen molar-refractivity contribution >= 4 is 23.7 Å². The van der Waals surface area contributed by atoms with Crippen molar-refractivity contribution in [2.75, 3.05) is 20.2 Å². The van der Waals surface area contributed by atoms with Crippen molar-refractivity contribution in [2.24, 2.45) is 5.92 Å². The molecule has 1 amide bonds. The molecule has 36 heavy (non-hydrogen) atoms. The van der Waals surface area contributed by atoms with E-state index >= 15 is 0 Å². The van der Waals surface area contributed by atoms with Crippen LogP contribution in [0, 0.1) is 5.92 Å². The second-order valence-corrected chi connectivity index (χ2v) is 10.7. The summed E-state index contributed by atoms with van der Waals surface area (Å²) in [6.45, 7) is 11.5. The first-order chi connectivity index (χ1) is 17.2. The Morgan fingerprint density at radius 3 is 2.06 bits per heavy atom. The summed E-state index contributed by atoms with van der Waals surface area (Å²) in [5.41, 5.74) is 1.01. The van der Waals surface area contributed by atoms with Crippen LogP contribution >= 0.6 is 11.6 Å². The number of esters is 1. The molecule has 2 unspecified atom stereocenters. The highest BCUT2D eigenvalue weighted by Crippen LogP contribution is 2.28. The molecule has 0 spiro atoms. The van der Waals surface area contributed by atoms with Gasteiger partial charge in [0.05, 0.1) is 19.6 Å². The summed E-state index contributed by atoms with van der Waals surface area (Å²) in [5.74, 6) is -0.0704. The number of nitrogens with one attached hydrogen (secondary N) is 1. The van der Waals surface area contributed by atoms with Crippen molar-refractivity contribution in [2.45, 2.75) is 111 Å². The Labute approximate surface area is 224 Å². The van der Waals surface area contributed by atoms with Gasteiger partial charge in [0.1, 0.15) is 0 Å². The number of hydrogen-bond donors (Lipinski definition) is 1. The molecule has 0 aromatic heterocycles. The van der Waals surface area contributed by atoms with Gasteiger partial charge < -0.3 is 14.8 Å². The lowest BCUT2D eigenvalue weighted by Crippen LogP contribution is -2.48. The predicted molar refractivity (Wildman–Crippen MR) is 148 cm³/mol. The highest BCUT2D eigenvalue weighted by atomic mass is 35.5. The first-order valence-corrected chi connectivity index (χ1v) is 14.1. The summed E-state index contributed by atoms with van der Waals surface area (Å²) in [7, 11) is 1.42. The molecule has 1 rings (SSSR count). The van der Waals surface area contributed by atoms with Crippen LogP contribution in [0.2, 0.25) is 5.02 Å². The second-order valence-electron chi connectivity index (χ2n) is 10.3. The van der Waals surface area contributed by atoms with Gasteiger partial charge in [-0.1, -0.05) is 89.5 Å². The molecule has 1 aromatic carbocycles. The summed E-state index contributed by atoms with van der Waals surface area (Å²) in [5, 5.41) is 3.71. The Kier molecular flexibility index (Phi) is 16.5. The number of alkyl carbamates (subject to hydrolysis) is 1. The molecule has 2 atom stereocenters. The zero-order valence-corrected chi connectivity index (χ0v) is 24.1. The minimum absolute atomic E-state index is 0.127. The van der Waals surface area contributed by atoms with E-state index in [1.807, 2.05) is 38.1 Å². The van der Waals surface area contributed by atoms with Gasteiger partial charge in [0.2, 0.25) is 0 Å². The van der Waals surface area contributed by atoms with Crippen molar-refractivity contribution in [3.63, 3.8) is 0 Å². The van der Waals surface area contributed by atoms with Crippen LogP contribution in [0.1, 0.15) is 104 Å². The quantitative estimate of drug-likeness (QED) is 0.158. The molecule has 0 heterocycles. The molecule has 0 saturated carbocycles. The van der Waals surface area contributed by atoms with Gasteiger partial charge in [0.25, 0.3) is 0 Å². The minimum Gasteiger partial charge on any atom is -0.469 e. The van der Waals surface area contributed by atoms with Crippen LogP contribution in [0.4, 0.5) is 4.79 Å². The van der Waals surface area contributed by atoms with Crippen LogP contribution in [-0.4, -0.2) is 49.3 Å². The number of benzene rings is 1. The highest BCUT2D eigenvalue weighted by Gasteiger charge is 2.28. The minimum atomic E-state index is -0.410. The number of methoxy groups -OCH3 is 1. The predicted octanol–water partition coefficient (Wildman–Crippen LogP) is 7.55. The normalized spacial score (nSPS) is 13.2. The zero-order chi connectivity index (χ0) is 26.9. The molecule has 0 fully saturated rings. The smallest absolute Gasteiger partial charge is 0.407 e. The number of rotatable bonds is 18. The van der Waals surface area contributed by atoms with E-state index in [1.165, 1.54) is 45.6 Å². The van der Waals surface area contributed by atoms with Crippen LogP contribution in [0.3, 0.4) is 0 Å². The third kappa shape index (κ3) is 13.5. The van der Waals surface area contributed by atoms with Gasteiger partial charge in [0, 0.05) is 23.7 Å². The van der Waals surface area contributed by atoms with Crippen molar-refractivity contribution in [1.29, 1.82) is 0 Å². The topological polar surface area (TPSA) is 67.9 Å². The summed E-state index contributed by atoms with van der Waals surface area (Å²) in [4.78, 5) is 27.2. The first kappa shape index (κ1) is 32.2. The van der Waals surface area contributed by atoms with Gasteiger partial charge in [-0.25, -0.2) is 4.79 Å². The van der Waals surface area contributed by atoms with Crippen molar-refractivity contribution in [3.8, 4) is 0 Å². The van der Waals surface area contributed by atoms with Crippen LogP contribution in [0.5, 0.6) is 0 Å². The fraction of sp³-hybridized carbons (Fsp3) is 0.724. The van der Waals surface area contributed by atoms with E-state index < -0.39 is 6.09 Å². The Morgan fingerprint density at radius 2 is 1.53 bits per heavy atom. The summed E-state index contributed by atoms with van der Waals surface area (Å²) in [6.07, 6.45) is 9.47. The molecule has 0 aliphatic rings. The van der Waals surface area contributed by atoms with Gasteiger partial charge in [-0.3, -0.25) is 9.69 Å². The van der Waals surface area contributed by atoms with Crippen molar-refractivity contribution in [3.05, 3.63) is 34.9 Å². The monoisotopic (exact) mass is 524 g/mol. The van der Waals surface area contributed by atoms with E-state index in [2.05, 4.69) is 31.0 Å². The number of halogens is 1. The molecule has 206 valence electrons. The third-order valence-electron chi connectivity index (χ3n) is 6.46. The van der Waals surface area contributed by atoms with E-state index in [1.54, 1.807) is 0 Å². The van der Waals surface area contributed by atoms with Crippen LogP contribution in [0.25, 0.3) is 0 Å². The Morgan fingerprint density at radius 1 is 0.944 bits per heavy atom. The molecule has 1 N–H and O–H groups in total. The Balaban J connectivity index is 3.04. The van der Waals surface area contributed by atoms with Gasteiger partial charge in [0.15, 0.2) is 0 Å². The molecule has 6 nitrogen and oxygen atoms in total. The molecular weight excluding hydrogens is 476 g/mol. The van der Waals surface area contributed by atoms with E-state index in [4.69, 9.17) is 21.1 Å². The van der Waals surface area contributed by atoms with Crippen LogP contribution < -0.4 is 5.32 Å².